The molecule has 1 aromatic carbocycles. The van der Waals surface area contributed by atoms with Crippen molar-refractivity contribution in [2.45, 2.75) is 45.3 Å². The lowest BCUT2D eigenvalue weighted by Gasteiger charge is -2.47. The van der Waals surface area contributed by atoms with E-state index in [-0.39, 0.29) is 17.2 Å². The number of aromatic nitrogens is 3. The molecule has 2 amide bonds. The van der Waals surface area contributed by atoms with Gasteiger partial charge < -0.3 is 25.0 Å². The smallest absolute Gasteiger partial charge is 0.220 e. The van der Waals surface area contributed by atoms with Crippen molar-refractivity contribution >= 4 is 35.0 Å². The molecule has 0 radical (unpaired) electrons. The van der Waals surface area contributed by atoms with E-state index in [0.717, 1.165) is 79.1 Å². The predicted molar refractivity (Wildman–Crippen MR) is 197 cm³/mol. The Labute approximate surface area is 307 Å². The highest BCUT2D eigenvalue weighted by atomic mass is 35.5. The molecule has 13 heteroatoms. The van der Waals surface area contributed by atoms with Crippen molar-refractivity contribution in [2.75, 3.05) is 46.9 Å². The summed E-state index contributed by atoms with van der Waals surface area (Å²) >= 11 is 14.2. The van der Waals surface area contributed by atoms with Crippen LogP contribution in [0, 0.1) is 5.41 Å². The number of carbonyl (C=O) groups is 2. The van der Waals surface area contributed by atoms with Crippen molar-refractivity contribution in [3.05, 3.63) is 76.2 Å². The molecule has 0 aliphatic carbocycles. The zero-order chi connectivity index (χ0) is 35.7. The topological polar surface area (TPSA) is 122 Å². The largest absolute Gasteiger partial charge is 0.495 e. The second-order valence-electron chi connectivity index (χ2n) is 13.7. The Morgan fingerprint density at radius 2 is 1.78 bits per heavy atom. The summed E-state index contributed by atoms with van der Waals surface area (Å²) < 4.78 is 11.5. The van der Waals surface area contributed by atoms with Gasteiger partial charge in [-0.05, 0) is 31.0 Å². The minimum absolute atomic E-state index is 0.0557. The Morgan fingerprint density at radius 1 is 1.02 bits per heavy atom. The van der Waals surface area contributed by atoms with Crippen LogP contribution >= 0.6 is 23.2 Å². The molecule has 0 bridgehead atoms. The Hall–Kier alpha value is -4.29. The molecular weight excluding hydrogens is 689 g/mol. The maximum absolute atomic E-state index is 11.8. The number of rotatable bonds is 10. The van der Waals surface area contributed by atoms with E-state index in [2.05, 4.69) is 20.5 Å². The molecule has 3 fully saturated rings. The van der Waals surface area contributed by atoms with Crippen LogP contribution in [-0.4, -0.2) is 89.6 Å². The van der Waals surface area contributed by atoms with E-state index in [0.29, 0.717) is 58.6 Å². The molecule has 1 spiro atoms. The van der Waals surface area contributed by atoms with Crippen LogP contribution in [0.25, 0.3) is 33.6 Å². The van der Waals surface area contributed by atoms with Gasteiger partial charge in [0.25, 0.3) is 0 Å². The van der Waals surface area contributed by atoms with Gasteiger partial charge >= 0.3 is 0 Å². The number of methoxy groups -OCH3 is 2. The molecule has 3 saturated heterocycles. The molecule has 7 rings (SSSR count). The van der Waals surface area contributed by atoms with Crippen LogP contribution in [0.4, 0.5) is 0 Å². The van der Waals surface area contributed by atoms with Crippen LogP contribution in [0.15, 0.2) is 54.9 Å². The van der Waals surface area contributed by atoms with Gasteiger partial charge in [0.2, 0.25) is 17.7 Å². The second kappa shape index (κ2) is 14.7. The number of nitrogens with zero attached hydrogens (tertiary/aromatic N) is 5. The van der Waals surface area contributed by atoms with E-state index in [1.165, 1.54) is 0 Å². The quantitative estimate of drug-likeness (QED) is 0.214. The van der Waals surface area contributed by atoms with E-state index in [1.807, 2.05) is 47.4 Å². The van der Waals surface area contributed by atoms with Crippen LogP contribution in [-0.2, 0) is 22.7 Å². The Balaban J connectivity index is 1.08. The zero-order valence-corrected chi connectivity index (χ0v) is 30.5. The standard InChI is InChI=1S/C38H41Cl2N7O4/c1-23(48)47-13-10-26(11-14-47)42-18-31-32(50-2)15-25(17-43-31)36-35(40)28(9-12-41-36)27-5-4-6-29(34(27)39)30-8-7-24(37(45-30)51-3)19-46-21-38(22-46)16-33(49)44-20-38/h4-9,12,15,17,26,42H,10-11,13-14,16,18-22H2,1-3H3,(H,44,49). The first kappa shape index (κ1) is 35.1. The van der Waals surface area contributed by atoms with Gasteiger partial charge in [-0.15, -0.1) is 0 Å². The fraction of sp³-hybridized carbons (Fsp3) is 0.395. The van der Waals surface area contributed by atoms with E-state index in [4.69, 9.17) is 42.6 Å². The summed E-state index contributed by atoms with van der Waals surface area (Å²) in [6, 6.07) is 13.8. The number of carbonyl (C=O) groups excluding carboxylic acids is 2. The lowest BCUT2D eigenvalue weighted by Crippen LogP contribution is -2.56. The fourth-order valence-corrected chi connectivity index (χ4v) is 8.14. The Morgan fingerprint density at radius 3 is 2.49 bits per heavy atom. The van der Waals surface area contributed by atoms with Crippen molar-refractivity contribution in [2.24, 2.45) is 5.41 Å². The Kier molecular flexibility index (Phi) is 10.2. The monoisotopic (exact) mass is 729 g/mol. The highest BCUT2D eigenvalue weighted by Gasteiger charge is 2.48. The van der Waals surface area contributed by atoms with Gasteiger partial charge in [0, 0.05) is 111 Å². The molecule has 0 unspecified atom stereocenters. The predicted octanol–water partition coefficient (Wildman–Crippen LogP) is 5.62. The second-order valence-corrected chi connectivity index (χ2v) is 14.4. The maximum Gasteiger partial charge on any atom is 0.220 e. The summed E-state index contributed by atoms with van der Waals surface area (Å²) in [4.78, 5) is 41.8. The van der Waals surface area contributed by atoms with Gasteiger partial charge in [-0.3, -0.25) is 24.5 Å². The van der Waals surface area contributed by atoms with Crippen LogP contribution < -0.4 is 20.1 Å². The first-order valence-electron chi connectivity index (χ1n) is 17.2. The minimum Gasteiger partial charge on any atom is -0.495 e. The summed E-state index contributed by atoms with van der Waals surface area (Å²) in [7, 11) is 3.25. The fourth-order valence-electron chi connectivity index (χ4n) is 7.49. The van der Waals surface area contributed by atoms with Gasteiger partial charge in [0.1, 0.15) is 5.75 Å². The molecule has 51 heavy (non-hydrogen) atoms. The van der Waals surface area contributed by atoms with Crippen molar-refractivity contribution in [1.29, 1.82) is 0 Å². The number of piperidine rings is 1. The first-order chi connectivity index (χ1) is 24.7. The molecule has 3 aromatic heterocycles. The molecule has 2 N–H and O–H groups in total. The van der Waals surface area contributed by atoms with Crippen molar-refractivity contribution in [3.8, 4) is 45.3 Å². The van der Waals surface area contributed by atoms with Crippen LogP contribution in [0.5, 0.6) is 11.6 Å². The molecule has 266 valence electrons. The van der Waals surface area contributed by atoms with Crippen LogP contribution in [0.1, 0.15) is 37.4 Å². The van der Waals surface area contributed by atoms with Gasteiger partial charge in [-0.25, -0.2) is 4.98 Å². The molecule has 11 nitrogen and oxygen atoms in total. The highest BCUT2D eigenvalue weighted by molar-refractivity contribution is 6.39. The molecule has 0 saturated carbocycles. The van der Waals surface area contributed by atoms with Crippen LogP contribution in [0.2, 0.25) is 10.0 Å². The summed E-state index contributed by atoms with van der Waals surface area (Å²) in [5.74, 6) is 1.43. The number of halogens is 2. The van der Waals surface area contributed by atoms with E-state index in [1.54, 1.807) is 33.5 Å². The number of likely N-dealkylation sites (tertiary alicyclic amines) is 2. The number of hydrogen-bond donors (Lipinski definition) is 2. The molecule has 3 aliphatic rings. The highest BCUT2D eigenvalue weighted by Crippen LogP contribution is 2.43. The number of amides is 2. The summed E-state index contributed by atoms with van der Waals surface area (Å²) in [5.41, 5.74) is 6.00. The van der Waals surface area contributed by atoms with Crippen LogP contribution in [0.3, 0.4) is 0 Å². The summed E-state index contributed by atoms with van der Waals surface area (Å²) in [6.07, 6.45) is 5.86. The van der Waals surface area contributed by atoms with Crippen molar-refractivity contribution in [1.82, 2.24) is 35.4 Å². The number of ether oxygens (including phenoxy) is 2. The molecule has 3 aliphatic heterocycles. The van der Waals surface area contributed by atoms with Gasteiger partial charge in [0.05, 0.1) is 41.3 Å². The average molecular weight is 731 g/mol. The lowest BCUT2D eigenvalue weighted by molar-refractivity contribution is -0.130. The molecular formula is C38H41Cl2N7O4. The SMILES string of the molecule is COc1cc(-c2nccc(-c3cccc(-c4ccc(CN5CC6(CNC(=O)C6)C5)c(OC)n4)c3Cl)c2Cl)cnc1CNC1CCN(C(C)=O)CC1. The number of benzene rings is 1. The lowest BCUT2D eigenvalue weighted by atomic mass is 9.79. The average Bonchev–Trinajstić information content (AvgIpc) is 3.52. The van der Waals surface area contributed by atoms with Crippen molar-refractivity contribution < 1.29 is 19.1 Å². The van der Waals surface area contributed by atoms with Gasteiger partial charge in [-0.1, -0.05) is 47.5 Å². The molecule has 0 atom stereocenters. The summed E-state index contributed by atoms with van der Waals surface area (Å²) in [6.45, 7) is 6.83. The minimum atomic E-state index is 0.0557. The van der Waals surface area contributed by atoms with E-state index >= 15 is 0 Å². The first-order valence-corrected chi connectivity index (χ1v) is 17.9. The van der Waals surface area contributed by atoms with Crippen molar-refractivity contribution in [3.63, 3.8) is 0 Å². The maximum atomic E-state index is 11.8. The normalized spacial score (nSPS) is 17.4. The van der Waals surface area contributed by atoms with Gasteiger partial charge in [0.15, 0.2) is 0 Å². The third kappa shape index (κ3) is 7.26. The number of pyridine rings is 3. The summed E-state index contributed by atoms with van der Waals surface area (Å²) in [5, 5.41) is 7.48. The molecule has 6 heterocycles. The number of hydrogen-bond acceptors (Lipinski definition) is 9. The third-order valence-electron chi connectivity index (χ3n) is 10.2. The van der Waals surface area contributed by atoms with E-state index < -0.39 is 0 Å². The van der Waals surface area contributed by atoms with E-state index in [9.17, 15) is 9.59 Å². The number of nitrogens with one attached hydrogen (secondary N) is 2. The Bertz CT molecular complexity index is 1960. The third-order valence-corrected chi connectivity index (χ3v) is 11.0. The zero-order valence-electron chi connectivity index (χ0n) is 29.0. The molecule has 4 aromatic rings. The van der Waals surface area contributed by atoms with Gasteiger partial charge in [-0.2, -0.15) is 0 Å².